The molecule has 4 rings (SSSR count). The van der Waals surface area contributed by atoms with E-state index in [4.69, 9.17) is 38.2 Å². The number of aliphatic hydroxyl groups is 4. The van der Waals surface area contributed by atoms with Gasteiger partial charge in [0.1, 0.15) is 41.7 Å². The van der Waals surface area contributed by atoms with E-state index in [1.165, 1.54) is 14.0 Å². The molecule has 4 aliphatic rings. The van der Waals surface area contributed by atoms with E-state index < -0.39 is 96.0 Å². The molecule has 9 unspecified atom stereocenters. The lowest BCUT2D eigenvalue weighted by Crippen LogP contribution is -2.60. The van der Waals surface area contributed by atoms with E-state index in [9.17, 15) is 25.2 Å². The van der Waals surface area contributed by atoms with Gasteiger partial charge in [0.25, 0.3) is 0 Å². The minimum Gasteiger partial charge on any atom is -0.472 e. The second-order valence-corrected chi connectivity index (χ2v) is 16.5. The molecule has 0 spiro atoms. The van der Waals surface area contributed by atoms with Gasteiger partial charge in [-0.1, -0.05) is 20.8 Å². The van der Waals surface area contributed by atoms with E-state index in [-0.39, 0.29) is 30.9 Å². The molecule has 296 valence electrons. The van der Waals surface area contributed by atoms with Crippen molar-refractivity contribution in [2.45, 2.75) is 185 Å². The van der Waals surface area contributed by atoms with Crippen molar-refractivity contribution in [2.75, 3.05) is 21.2 Å². The fourth-order valence-electron chi connectivity index (χ4n) is 8.61. The number of hydrogen-bond acceptors (Lipinski definition) is 14. The highest BCUT2D eigenvalue weighted by Crippen LogP contribution is 2.44. The van der Waals surface area contributed by atoms with Gasteiger partial charge >= 0.3 is 5.97 Å². The van der Waals surface area contributed by atoms with Crippen LogP contribution in [0.1, 0.15) is 94.9 Å². The summed E-state index contributed by atoms with van der Waals surface area (Å²) >= 11 is 0. The number of rotatable bonds is 7. The molecule has 0 saturated carbocycles. The number of carbonyl (C=O) groups excluding carboxylic acids is 1. The fraction of sp³-hybridized carbons (Fsp3) is 0.946. The number of aliphatic imine (C=N–C) groups is 1. The summed E-state index contributed by atoms with van der Waals surface area (Å²) in [5.74, 6) is -2.03. The molecule has 3 fully saturated rings. The van der Waals surface area contributed by atoms with Crippen molar-refractivity contribution in [2.24, 2.45) is 22.7 Å². The summed E-state index contributed by atoms with van der Waals surface area (Å²) in [4.78, 5) is 20.9. The van der Waals surface area contributed by atoms with Crippen molar-refractivity contribution < 1.29 is 58.4 Å². The topological polar surface area (TPSA) is 178 Å². The molecular weight excluding hydrogens is 664 g/mol. The lowest BCUT2D eigenvalue weighted by molar-refractivity contribution is -0.315. The molecule has 0 aliphatic carbocycles. The zero-order chi connectivity index (χ0) is 38.4. The van der Waals surface area contributed by atoms with Gasteiger partial charge in [-0.3, -0.25) is 4.79 Å². The van der Waals surface area contributed by atoms with Gasteiger partial charge in [-0.15, -0.1) is 0 Å². The maximum atomic E-state index is 14.2. The Morgan fingerprint density at radius 3 is 2.20 bits per heavy atom. The minimum atomic E-state index is -1.84. The quantitative estimate of drug-likeness (QED) is 0.281. The van der Waals surface area contributed by atoms with E-state index >= 15 is 0 Å². The average Bonchev–Trinajstić information content (AvgIpc) is 3.35. The number of likely N-dealkylation sites (N-methyl/N-ethyl adjacent to an activating group) is 1. The van der Waals surface area contributed by atoms with Gasteiger partial charge in [0.15, 0.2) is 18.5 Å². The van der Waals surface area contributed by atoms with Crippen LogP contribution in [0.5, 0.6) is 0 Å². The first-order valence-corrected chi connectivity index (χ1v) is 18.7. The van der Waals surface area contributed by atoms with Crippen LogP contribution in [0, 0.1) is 17.8 Å². The van der Waals surface area contributed by atoms with Crippen LogP contribution in [-0.4, -0.2) is 149 Å². The molecule has 4 aliphatic heterocycles. The number of esters is 1. The van der Waals surface area contributed by atoms with Crippen LogP contribution in [-0.2, 0) is 38.0 Å². The zero-order valence-corrected chi connectivity index (χ0v) is 32.9. The smallest absolute Gasteiger partial charge is 0.311 e. The van der Waals surface area contributed by atoms with Gasteiger partial charge in [0.05, 0.1) is 35.9 Å². The molecule has 0 aromatic carbocycles. The van der Waals surface area contributed by atoms with Crippen LogP contribution in [0.3, 0.4) is 0 Å². The fourth-order valence-corrected chi connectivity index (χ4v) is 8.61. The van der Waals surface area contributed by atoms with Crippen LogP contribution in [0.15, 0.2) is 4.99 Å². The van der Waals surface area contributed by atoms with Gasteiger partial charge in [0.2, 0.25) is 0 Å². The number of methoxy groups -OCH3 is 1. The van der Waals surface area contributed by atoms with Gasteiger partial charge in [-0.2, -0.15) is 0 Å². The van der Waals surface area contributed by atoms with Crippen molar-refractivity contribution in [1.29, 1.82) is 0 Å². The standard InChI is InChI=1S/C37H66N2O12/c1-14-25-37(10,44)29(41)22(6)38-32-18(2)16-36(9,51-32)31(50-34-27(40)24(39(11)12)15-19(3)46-34)20(4)28(21(5)33(43)48-25)49-26-17-35(8,45-13)30(42)23(7)47-26/h18-31,34,40-42,44H,14-17H2,1-13H3/t18-,19?,20+,21-,22-,23?,24?,25-,26?,27?,28+,29-,30?,31-,34?,35?,36?,37-/m1/s1. The SMILES string of the molecule is CC[C@H]1OC(=O)[C@H](C)[C@@H](OC2CC(C)(OC)C(O)C(C)O2)[C@H](C)[C@@H](OC2OC(C)CC(N(C)C)C2O)C2(C)C[C@@H](C)C(=N[C@H](C)[C@@H](O)[C@]1(C)O)O2. The first kappa shape index (κ1) is 42.3. The normalized spacial score (nSPS) is 50.3. The maximum absolute atomic E-state index is 14.2. The summed E-state index contributed by atoms with van der Waals surface area (Å²) in [7, 11) is 5.33. The maximum Gasteiger partial charge on any atom is 0.311 e. The molecule has 2 bridgehead atoms. The minimum absolute atomic E-state index is 0.163. The Hall–Kier alpha value is -1.46. The monoisotopic (exact) mass is 730 g/mol. The third-order valence-corrected chi connectivity index (χ3v) is 11.9. The summed E-state index contributed by atoms with van der Waals surface area (Å²) < 4.78 is 44.5. The second-order valence-electron chi connectivity index (χ2n) is 16.5. The molecule has 0 aromatic rings. The molecule has 51 heavy (non-hydrogen) atoms. The van der Waals surface area contributed by atoms with Crippen LogP contribution >= 0.6 is 0 Å². The van der Waals surface area contributed by atoms with Gasteiger partial charge in [-0.25, -0.2) is 4.99 Å². The molecule has 0 radical (unpaired) electrons. The number of hydrogen-bond donors (Lipinski definition) is 4. The second kappa shape index (κ2) is 16.1. The van der Waals surface area contributed by atoms with Crippen LogP contribution < -0.4 is 0 Å². The van der Waals surface area contributed by atoms with E-state index in [2.05, 4.69) is 0 Å². The Balaban J connectivity index is 1.85. The van der Waals surface area contributed by atoms with Crippen molar-refractivity contribution in [3.05, 3.63) is 0 Å². The third kappa shape index (κ3) is 8.60. The summed E-state index contributed by atoms with van der Waals surface area (Å²) in [5, 5.41) is 45.5. The third-order valence-electron chi connectivity index (χ3n) is 11.9. The van der Waals surface area contributed by atoms with Crippen molar-refractivity contribution in [3.63, 3.8) is 0 Å². The van der Waals surface area contributed by atoms with Crippen LogP contribution in [0.2, 0.25) is 0 Å². The average molecular weight is 731 g/mol. The molecular formula is C37H66N2O12. The van der Waals surface area contributed by atoms with Gasteiger partial charge in [0, 0.05) is 37.8 Å². The molecule has 0 amide bonds. The molecule has 18 atom stereocenters. The summed E-state index contributed by atoms with van der Waals surface area (Å²) in [5.41, 5.74) is -3.91. The highest BCUT2D eigenvalue weighted by molar-refractivity contribution is 5.81. The van der Waals surface area contributed by atoms with Crippen molar-refractivity contribution in [1.82, 2.24) is 4.90 Å². The Morgan fingerprint density at radius 2 is 1.61 bits per heavy atom. The van der Waals surface area contributed by atoms with Gasteiger partial charge < -0.3 is 58.5 Å². The Bertz CT molecular complexity index is 1220. The van der Waals surface area contributed by atoms with Crippen LogP contribution in [0.25, 0.3) is 0 Å². The number of nitrogens with zero attached hydrogens (tertiary/aromatic N) is 2. The molecule has 14 nitrogen and oxygen atoms in total. The Labute approximate surface area is 304 Å². The van der Waals surface area contributed by atoms with Gasteiger partial charge in [-0.05, 0) is 75.4 Å². The zero-order valence-electron chi connectivity index (χ0n) is 32.9. The molecule has 4 N–H and O–H groups in total. The molecule has 3 saturated heterocycles. The Morgan fingerprint density at radius 1 is 0.961 bits per heavy atom. The molecule has 0 aromatic heterocycles. The Kier molecular flexibility index (Phi) is 13.4. The number of aliphatic hydroxyl groups excluding tert-OH is 3. The van der Waals surface area contributed by atoms with E-state index in [0.29, 0.717) is 18.7 Å². The lowest BCUT2D eigenvalue weighted by atomic mass is 9.79. The summed E-state index contributed by atoms with van der Waals surface area (Å²) in [6, 6.07) is -1.04. The van der Waals surface area contributed by atoms with E-state index in [0.717, 1.165) is 0 Å². The highest BCUT2D eigenvalue weighted by atomic mass is 16.7. The summed E-state index contributed by atoms with van der Waals surface area (Å²) in [6.07, 6.45) is -7.53. The first-order chi connectivity index (χ1) is 23.6. The van der Waals surface area contributed by atoms with Crippen LogP contribution in [0.4, 0.5) is 0 Å². The number of cyclic esters (lactones) is 1. The molecule has 14 heteroatoms. The van der Waals surface area contributed by atoms with Crippen molar-refractivity contribution in [3.8, 4) is 0 Å². The van der Waals surface area contributed by atoms with Crippen molar-refractivity contribution >= 4 is 11.9 Å². The largest absolute Gasteiger partial charge is 0.472 e. The lowest BCUT2D eigenvalue weighted by Gasteiger charge is -2.48. The predicted octanol–water partition coefficient (Wildman–Crippen LogP) is 2.41. The number of ether oxygens (including phenoxy) is 7. The number of fused-ring (bicyclic) bond motifs is 2. The highest BCUT2D eigenvalue weighted by Gasteiger charge is 2.56. The molecule has 4 heterocycles. The summed E-state index contributed by atoms with van der Waals surface area (Å²) in [6.45, 7) is 17.8. The first-order valence-electron chi connectivity index (χ1n) is 18.7. The van der Waals surface area contributed by atoms with E-state index in [1.54, 1.807) is 34.6 Å². The predicted molar refractivity (Wildman–Crippen MR) is 188 cm³/mol. The van der Waals surface area contributed by atoms with E-state index in [1.807, 2.05) is 46.7 Å². The number of carbonyl (C=O) groups is 1.